The predicted octanol–water partition coefficient (Wildman–Crippen LogP) is 3.14. The molecule has 4 heteroatoms. The van der Waals surface area contributed by atoms with Crippen molar-refractivity contribution in [3.63, 3.8) is 0 Å². The van der Waals surface area contributed by atoms with Crippen LogP contribution in [0.3, 0.4) is 0 Å². The number of benzene rings is 2. The van der Waals surface area contributed by atoms with Gasteiger partial charge < -0.3 is 15.0 Å². The van der Waals surface area contributed by atoms with Crippen LogP contribution in [-0.2, 0) is 0 Å². The monoisotopic (exact) mass is 310 g/mol. The molecule has 0 radical (unpaired) electrons. The molecule has 4 nitrogen and oxygen atoms in total. The smallest absolute Gasteiger partial charge is 0.253 e. The SMILES string of the molecule is Cc1cccc(Oc2ccc(C(=O)N3CCNCC3)cc2C)c1. The summed E-state index contributed by atoms with van der Waals surface area (Å²) in [4.78, 5) is 14.4. The van der Waals surface area contributed by atoms with Crippen LogP contribution in [0.2, 0.25) is 0 Å². The van der Waals surface area contributed by atoms with E-state index in [0.717, 1.165) is 54.4 Å². The van der Waals surface area contributed by atoms with E-state index in [4.69, 9.17) is 4.74 Å². The number of hydrogen-bond donors (Lipinski definition) is 1. The van der Waals surface area contributed by atoms with Crippen molar-refractivity contribution in [2.75, 3.05) is 26.2 Å². The Kier molecular flexibility index (Phi) is 4.63. The highest BCUT2D eigenvalue weighted by Crippen LogP contribution is 2.26. The normalized spacial score (nSPS) is 14.6. The van der Waals surface area contributed by atoms with Crippen LogP contribution in [0.15, 0.2) is 42.5 Å². The van der Waals surface area contributed by atoms with Crippen LogP contribution in [0.25, 0.3) is 0 Å². The molecule has 2 aromatic carbocycles. The van der Waals surface area contributed by atoms with Gasteiger partial charge in [0.2, 0.25) is 0 Å². The molecule has 0 bridgehead atoms. The van der Waals surface area contributed by atoms with Crippen molar-refractivity contribution in [1.29, 1.82) is 0 Å². The summed E-state index contributed by atoms with van der Waals surface area (Å²) in [5.41, 5.74) is 2.85. The summed E-state index contributed by atoms with van der Waals surface area (Å²) in [6.07, 6.45) is 0. The molecule has 1 saturated heterocycles. The van der Waals surface area contributed by atoms with Crippen molar-refractivity contribution in [2.24, 2.45) is 0 Å². The molecule has 120 valence electrons. The number of ether oxygens (including phenoxy) is 1. The average Bonchev–Trinajstić information content (AvgIpc) is 2.57. The Morgan fingerprint density at radius 2 is 1.87 bits per heavy atom. The van der Waals surface area contributed by atoms with Crippen molar-refractivity contribution in [3.05, 3.63) is 59.2 Å². The molecule has 0 unspecified atom stereocenters. The van der Waals surface area contributed by atoms with E-state index in [1.165, 1.54) is 0 Å². The minimum atomic E-state index is 0.0942. The van der Waals surface area contributed by atoms with Crippen LogP contribution in [-0.4, -0.2) is 37.0 Å². The predicted molar refractivity (Wildman–Crippen MR) is 91.2 cm³/mol. The van der Waals surface area contributed by atoms with Crippen LogP contribution < -0.4 is 10.1 Å². The van der Waals surface area contributed by atoms with E-state index in [0.29, 0.717) is 0 Å². The van der Waals surface area contributed by atoms with Gasteiger partial charge in [-0.25, -0.2) is 0 Å². The van der Waals surface area contributed by atoms with Gasteiger partial charge >= 0.3 is 0 Å². The fraction of sp³-hybridized carbons (Fsp3) is 0.316. The van der Waals surface area contributed by atoms with E-state index < -0.39 is 0 Å². The van der Waals surface area contributed by atoms with Gasteiger partial charge in [-0.15, -0.1) is 0 Å². The van der Waals surface area contributed by atoms with Crippen LogP contribution in [0.5, 0.6) is 11.5 Å². The Morgan fingerprint density at radius 1 is 1.09 bits per heavy atom. The van der Waals surface area contributed by atoms with Crippen molar-refractivity contribution < 1.29 is 9.53 Å². The molecule has 2 aromatic rings. The first-order valence-electron chi connectivity index (χ1n) is 7.98. The Balaban J connectivity index is 1.76. The summed E-state index contributed by atoms with van der Waals surface area (Å²) in [6.45, 7) is 7.26. The molecule has 1 aliphatic rings. The third kappa shape index (κ3) is 3.71. The van der Waals surface area contributed by atoms with E-state index in [1.54, 1.807) is 0 Å². The first-order valence-corrected chi connectivity index (χ1v) is 7.98. The Bertz CT molecular complexity index is 706. The lowest BCUT2D eigenvalue weighted by Crippen LogP contribution is -2.46. The van der Waals surface area contributed by atoms with Crippen LogP contribution >= 0.6 is 0 Å². The summed E-state index contributed by atoms with van der Waals surface area (Å²) in [7, 11) is 0. The molecule has 1 fully saturated rings. The summed E-state index contributed by atoms with van der Waals surface area (Å²) < 4.78 is 5.94. The van der Waals surface area contributed by atoms with Gasteiger partial charge in [0.25, 0.3) is 5.91 Å². The number of carbonyl (C=O) groups is 1. The van der Waals surface area contributed by atoms with Gasteiger partial charge in [-0.05, 0) is 55.3 Å². The molecule has 3 rings (SSSR count). The molecule has 23 heavy (non-hydrogen) atoms. The molecule has 1 aliphatic heterocycles. The van der Waals surface area contributed by atoms with Gasteiger partial charge in [0.1, 0.15) is 11.5 Å². The highest BCUT2D eigenvalue weighted by molar-refractivity contribution is 5.94. The number of rotatable bonds is 3. The standard InChI is InChI=1S/C19H22N2O2/c1-14-4-3-5-17(12-14)23-18-7-6-16(13-15(18)2)19(22)21-10-8-20-9-11-21/h3-7,12-13,20H,8-11H2,1-2H3. The Labute approximate surface area is 137 Å². The van der Waals surface area contributed by atoms with Gasteiger partial charge in [0.05, 0.1) is 0 Å². The third-order valence-corrected chi connectivity index (χ3v) is 4.04. The Morgan fingerprint density at radius 3 is 2.57 bits per heavy atom. The average molecular weight is 310 g/mol. The van der Waals surface area contributed by atoms with Crippen LogP contribution in [0.4, 0.5) is 0 Å². The maximum Gasteiger partial charge on any atom is 0.253 e. The minimum Gasteiger partial charge on any atom is -0.457 e. The lowest BCUT2D eigenvalue weighted by molar-refractivity contribution is 0.0735. The maximum absolute atomic E-state index is 12.5. The van der Waals surface area contributed by atoms with Gasteiger partial charge in [-0.3, -0.25) is 4.79 Å². The number of nitrogens with one attached hydrogen (secondary N) is 1. The first kappa shape index (κ1) is 15.6. The molecule has 1 amide bonds. The van der Waals surface area contributed by atoms with Gasteiger partial charge in [-0.1, -0.05) is 12.1 Å². The van der Waals surface area contributed by atoms with E-state index >= 15 is 0 Å². The van der Waals surface area contributed by atoms with E-state index in [2.05, 4.69) is 5.32 Å². The number of amides is 1. The topological polar surface area (TPSA) is 41.6 Å². The van der Waals surface area contributed by atoms with Crippen LogP contribution in [0.1, 0.15) is 21.5 Å². The van der Waals surface area contributed by atoms with Crippen molar-refractivity contribution in [2.45, 2.75) is 13.8 Å². The number of aryl methyl sites for hydroxylation is 2. The molecule has 0 atom stereocenters. The largest absolute Gasteiger partial charge is 0.457 e. The lowest BCUT2D eigenvalue weighted by atomic mass is 10.1. The highest BCUT2D eigenvalue weighted by Gasteiger charge is 2.18. The fourth-order valence-corrected chi connectivity index (χ4v) is 2.75. The van der Waals surface area contributed by atoms with E-state index in [9.17, 15) is 4.79 Å². The molecule has 0 saturated carbocycles. The van der Waals surface area contributed by atoms with Gasteiger partial charge in [-0.2, -0.15) is 0 Å². The van der Waals surface area contributed by atoms with Gasteiger partial charge in [0.15, 0.2) is 0 Å². The quantitative estimate of drug-likeness (QED) is 0.947. The molecule has 0 spiro atoms. The molecular weight excluding hydrogens is 288 g/mol. The zero-order valence-corrected chi connectivity index (χ0v) is 13.6. The minimum absolute atomic E-state index is 0.0942. The number of nitrogens with zero attached hydrogens (tertiary/aromatic N) is 1. The number of carbonyl (C=O) groups excluding carboxylic acids is 1. The molecule has 0 aromatic heterocycles. The molecule has 0 aliphatic carbocycles. The summed E-state index contributed by atoms with van der Waals surface area (Å²) in [5, 5.41) is 3.26. The first-order chi connectivity index (χ1) is 11.1. The lowest BCUT2D eigenvalue weighted by Gasteiger charge is -2.27. The second kappa shape index (κ2) is 6.84. The number of piperazine rings is 1. The van der Waals surface area contributed by atoms with Crippen LogP contribution in [0, 0.1) is 13.8 Å². The van der Waals surface area contributed by atoms with E-state index in [-0.39, 0.29) is 5.91 Å². The molecular formula is C19H22N2O2. The fourth-order valence-electron chi connectivity index (χ4n) is 2.75. The maximum atomic E-state index is 12.5. The molecule has 1 heterocycles. The van der Waals surface area contributed by atoms with Crippen molar-refractivity contribution in [1.82, 2.24) is 10.2 Å². The number of hydrogen-bond acceptors (Lipinski definition) is 3. The molecule has 1 N–H and O–H groups in total. The van der Waals surface area contributed by atoms with Crippen molar-refractivity contribution in [3.8, 4) is 11.5 Å². The zero-order chi connectivity index (χ0) is 16.2. The second-order valence-corrected chi connectivity index (χ2v) is 5.94. The Hall–Kier alpha value is -2.33. The van der Waals surface area contributed by atoms with E-state index in [1.807, 2.05) is 61.2 Å². The zero-order valence-electron chi connectivity index (χ0n) is 13.6. The van der Waals surface area contributed by atoms with Gasteiger partial charge in [0, 0.05) is 31.7 Å². The third-order valence-electron chi connectivity index (χ3n) is 4.04. The summed E-state index contributed by atoms with van der Waals surface area (Å²) in [5.74, 6) is 1.69. The summed E-state index contributed by atoms with van der Waals surface area (Å²) >= 11 is 0. The highest BCUT2D eigenvalue weighted by atomic mass is 16.5. The van der Waals surface area contributed by atoms with Crippen molar-refractivity contribution >= 4 is 5.91 Å². The summed E-state index contributed by atoms with van der Waals surface area (Å²) in [6, 6.07) is 13.6. The second-order valence-electron chi connectivity index (χ2n) is 5.94.